The molecule has 3 unspecified atom stereocenters. The molecule has 1 aliphatic heterocycles. The average Bonchev–Trinajstić information content (AvgIpc) is 2.44. The van der Waals surface area contributed by atoms with E-state index in [1.807, 2.05) is 26.8 Å². The minimum atomic E-state index is -0.521. The normalized spacial score (nSPS) is 25.2. The van der Waals surface area contributed by atoms with Crippen LogP contribution in [-0.2, 0) is 4.74 Å². The molecule has 1 saturated heterocycles. The van der Waals surface area contributed by atoms with Gasteiger partial charge in [0.05, 0.1) is 11.9 Å². The highest BCUT2D eigenvalue weighted by Gasteiger charge is 2.28. The molecule has 134 valence electrons. The van der Waals surface area contributed by atoms with E-state index in [2.05, 4.69) is 41.4 Å². The Kier molecular flexibility index (Phi) is 5.70. The van der Waals surface area contributed by atoms with Crippen LogP contribution >= 0.6 is 0 Å². The van der Waals surface area contributed by atoms with Crippen LogP contribution in [0.2, 0.25) is 0 Å². The molecular formula is C18H30N4O2. The molecular weight excluding hydrogens is 304 g/mol. The van der Waals surface area contributed by atoms with Crippen molar-refractivity contribution in [2.24, 2.45) is 5.92 Å². The van der Waals surface area contributed by atoms with Crippen LogP contribution in [0.15, 0.2) is 18.3 Å². The van der Waals surface area contributed by atoms with E-state index in [-0.39, 0.29) is 0 Å². The largest absolute Gasteiger partial charge is 0.444 e. The number of piperidine rings is 1. The molecule has 0 aliphatic carbocycles. The zero-order valence-electron chi connectivity index (χ0n) is 15.6. The molecule has 1 aromatic heterocycles. The van der Waals surface area contributed by atoms with Crippen LogP contribution in [-0.4, -0.2) is 47.3 Å². The van der Waals surface area contributed by atoms with Crippen molar-refractivity contribution in [2.45, 2.75) is 58.7 Å². The van der Waals surface area contributed by atoms with Gasteiger partial charge in [-0.3, -0.25) is 5.32 Å². The van der Waals surface area contributed by atoms with Crippen LogP contribution in [0.4, 0.5) is 16.3 Å². The summed E-state index contributed by atoms with van der Waals surface area (Å²) in [6, 6.07) is 4.73. The number of pyridine rings is 1. The van der Waals surface area contributed by atoms with E-state index in [1.54, 1.807) is 12.3 Å². The van der Waals surface area contributed by atoms with Gasteiger partial charge in [-0.05, 0) is 59.2 Å². The Morgan fingerprint density at radius 2 is 2.04 bits per heavy atom. The third-order valence-corrected chi connectivity index (χ3v) is 4.35. The summed E-state index contributed by atoms with van der Waals surface area (Å²) in [6.45, 7) is 11.1. The summed E-state index contributed by atoms with van der Waals surface area (Å²) in [5.41, 5.74) is 0.449. The van der Waals surface area contributed by atoms with E-state index >= 15 is 0 Å². The molecule has 1 aliphatic rings. The van der Waals surface area contributed by atoms with E-state index in [0.717, 1.165) is 18.7 Å². The van der Waals surface area contributed by atoms with Gasteiger partial charge in [0.25, 0.3) is 0 Å². The first-order chi connectivity index (χ1) is 11.1. The molecule has 2 N–H and O–H groups in total. The second-order valence-electron chi connectivity index (χ2n) is 7.81. The number of nitrogens with one attached hydrogen (secondary N) is 2. The van der Waals surface area contributed by atoms with Crippen molar-refractivity contribution in [2.75, 3.05) is 24.2 Å². The topological polar surface area (TPSA) is 66.5 Å². The van der Waals surface area contributed by atoms with Crippen molar-refractivity contribution < 1.29 is 9.53 Å². The lowest BCUT2D eigenvalue weighted by Gasteiger charge is -2.40. The first-order valence-electron chi connectivity index (χ1n) is 8.57. The predicted octanol–water partition coefficient (Wildman–Crippen LogP) is 3.57. The fourth-order valence-electron chi connectivity index (χ4n) is 2.92. The van der Waals surface area contributed by atoms with Crippen LogP contribution in [0, 0.1) is 5.92 Å². The Morgan fingerprint density at radius 1 is 1.33 bits per heavy atom. The van der Waals surface area contributed by atoms with Crippen LogP contribution in [0.5, 0.6) is 0 Å². The van der Waals surface area contributed by atoms with Gasteiger partial charge in [-0.25, -0.2) is 9.78 Å². The fourth-order valence-corrected chi connectivity index (χ4v) is 2.92. The molecule has 0 bridgehead atoms. The van der Waals surface area contributed by atoms with E-state index in [9.17, 15) is 4.79 Å². The van der Waals surface area contributed by atoms with Crippen molar-refractivity contribution in [3.05, 3.63) is 18.3 Å². The summed E-state index contributed by atoms with van der Waals surface area (Å²) in [7, 11) is 2.18. The van der Waals surface area contributed by atoms with Crippen molar-refractivity contribution in [1.82, 2.24) is 9.88 Å². The summed E-state index contributed by atoms with van der Waals surface area (Å²) < 4.78 is 5.22. The van der Waals surface area contributed by atoms with Crippen molar-refractivity contribution >= 4 is 17.6 Å². The van der Waals surface area contributed by atoms with Gasteiger partial charge in [0.15, 0.2) is 0 Å². The highest BCUT2D eigenvalue weighted by atomic mass is 16.6. The molecule has 0 saturated carbocycles. The number of hydrogen-bond acceptors (Lipinski definition) is 5. The zero-order chi connectivity index (χ0) is 17.9. The van der Waals surface area contributed by atoms with E-state index in [4.69, 9.17) is 4.74 Å². The Bertz CT molecular complexity index is 553. The van der Waals surface area contributed by atoms with Gasteiger partial charge in [-0.1, -0.05) is 6.92 Å². The second-order valence-corrected chi connectivity index (χ2v) is 7.81. The summed E-state index contributed by atoms with van der Waals surface area (Å²) in [6.07, 6.45) is 2.37. The molecule has 1 aromatic rings. The first-order valence-corrected chi connectivity index (χ1v) is 8.57. The van der Waals surface area contributed by atoms with Crippen LogP contribution in [0.1, 0.15) is 41.0 Å². The summed E-state index contributed by atoms with van der Waals surface area (Å²) in [4.78, 5) is 18.4. The monoisotopic (exact) mass is 334 g/mol. The molecule has 6 nitrogen and oxygen atoms in total. The third kappa shape index (κ3) is 5.37. The van der Waals surface area contributed by atoms with Gasteiger partial charge < -0.3 is 15.0 Å². The van der Waals surface area contributed by atoms with Gasteiger partial charge >= 0.3 is 6.09 Å². The second kappa shape index (κ2) is 7.38. The quantitative estimate of drug-likeness (QED) is 0.884. The number of ether oxygens (including phenoxy) is 1. The number of anilines is 2. The number of rotatable bonds is 3. The van der Waals surface area contributed by atoms with Gasteiger partial charge in [-0.2, -0.15) is 0 Å². The number of carbonyl (C=O) groups is 1. The van der Waals surface area contributed by atoms with Crippen molar-refractivity contribution in [3.8, 4) is 0 Å². The maximum atomic E-state index is 11.7. The Hall–Kier alpha value is -1.82. The highest BCUT2D eigenvalue weighted by molar-refractivity contribution is 5.83. The van der Waals surface area contributed by atoms with E-state index in [1.165, 1.54) is 0 Å². The molecule has 0 aromatic carbocycles. The molecule has 0 spiro atoms. The standard InChI is InChI=1S/C18H30N4O2/c1-12-11-22(6)13(2)9-15(12)20-14-7-8-16(19-10-14)21-17(23)24-18(3,4)5/h7-8,10,12-13,15,20H,9,11H2,1-6H3,(H,19,21,23). The van der Waals surface area contributed by atoms with Gasteiger partial charge in [0.2, 0.25) is 0 Å². The maximum absolute atomic E-state index is 11.7. The van der Waals surface area contributed by atoms with Crippen molar-refractivity contribution in [3.63, 3.8) is 0 Å². The molecule has 24 heavy (non-hydrogen) atoms. The third-order valence-electron chi connectivity index (χ3n) is 4.35. The molecule has 2 heterocycles. The molecule has 1 fully saturated rings. The number of aromatic nitrogens is 1. The van der Waals surface area contributed by atoms with Gasteiger partial charge in [0, 0.05) is 18.6 Å². The highest BCUT2D eigenvalue weighted by Crippen LogP contribution is 2.24. The molecule has 6 heteroatoms. The number of hydrogen-bond donors (Lipinski definition) is 2. The maximum Gasteiger partial charge on any atom is 0.413 e. The van der Waals surface area contributed by atoms with Crippen LogP contribution in [0.25, 0.3) is 0 Å². The smallest absolute Gasteiger partial charge is 0.413 e. The number of amides is 1. The summed E-state index contributed by atoms with van der Waals surface area (Å²) >= 11 is 0. The zero-order valence-corrected chi connectivity index (χ0v) is 15.6. The van der Waals surface area contributed by atoms with Crippen LogP contribution in [0.3, 0.4) is 0 Å². The molecule has 2 rings (SSSR count). The minimum Gasteiger partial charge on any atom is -0.444 e. The SMILES string of the molecule is CC1CN(C)C(C)CC1Nc1ccc(NC(=O)OC(C)(C)C)nc1. The Labute approximate surface area is 145 Å². The summed E-state index contributed by atoms with van der Waals surface area (Å²) in [5.74, 6) is 1.06. The molecule has 3 atom stereocenters. The predicted molar refractivity (Wildman–Crippen MR) is 97.4 cm³/mol. The minimum absolute atomic E-state index is 0.433. The van der Waals surface area contributed by atoms with Crippen LogP contribution < -0.4 is 10.6 Å². The van der Waals surface area contributed by atoms with Gasteiger partial charge in [-0.15, -0.1) is 0 Å². The first kappa shape index (κ1) is 18.5. The number of carbonyl (C=O) groups excluding carboxylic acids is 1. The lowest BCUT2D eigenvalue weighted by molar-refractivity contribution is 0.0635. The molecule has 0 radical (unpaired) electrons. The number of likely N-dealkylation sites (tertiary alicyclic amines) is 1. The van der Waals surface area contributed by atoms with Crippen molar-refractivity contribution in [1.29, 1.82) is 0 Å². The van der Waals surface area contributed by atoms with Gasteiger partial charge in [0.1, 0.15) is 11.4 Å². The molecule has 1 amide bonds. The number of nitrogens with zero attached hydrogens (tertiary/aromatic N) is 2. The Morgan fingerprint density at radius 3 is 2.62 bits per heavy atom. The lowest BCUT2D eigenvalue weighted by atomic mass is 9.90. The van der Waals surface area contributed by atoms with E-state index in [0.29, 0.717) is 23.8 Å². The lowest BCUT2D eigenvalue weighted by Crippen LogP contribution is -2.48. The van der Waals surface area contributed by atoms with E-state index < -0.39 is 11.7 Å². The Balaban J connectivity index is 1.91. The fraction of sp³-hybridized carbons (Fsp3) is 0.667. The summed E-state index contributed by atoms with van der Waals surface area (Å²) in [5, 5.41) is 6.21. The average molecular weight is 334 g/mol.